The normalized spacial score (nSPS) is 17.6. The van der Waals surface area contributed by atoms with Crippen molar-refractivity contribution in [3.63, 3.8) is 0 Å². The zero-order valence-corrected chi connectivity index (χ0v) is 15.2. The maximum Gasteiger partial charge on any atom is 0.277 e. The van der Waals surface area contributed by atoms with Crippen LogP contribution in [0.2, 0.25) is 0 Å². The number of alkyl halides is 1. The molecule has 1 aliphatic rings. The number of nitrogens with zero attached hydrogens (tertiary/aromatic N) is 3. The molecule has 0 radical (unpaired) electrons. The summed E-state index contributed by atoms with van der Waals surface area (Å²) >= 11 is 1.58. The number of carbonyl (C=O) groups is 1. The Morgan fingerprint density at radius 3 is 2.93 bits per heavy atom. The van der Waals surface area contributed by atoms with Gasteiger partial charge < -0.3 is 4.74 Å². The van der Waals surface area contributed by atoms with Crippen molar-refractivity contribution < 1.29 is 13.9 Å². The Kier molecular flexibility index (Phi) is 4.86. The lowest BCUT2D eigenvalue weighted by molar-refractivity contribution is -0.122. The molecule has 1 aliphatic heterocycles. The predicted molar refractivity (Wildman–Crippen MR) is 102 cm³/mol. The van der Waals surface area contributed by atoms with Crippen LogP contribution in [0.4, 0.5) is 10.1 Å². The molecule has 0 spiro atoms. The average molecular weight is 381 g/mol. The van der Waals surface area contributed by atoms with Crippen molar-refractivity contribution in [2.45, 2.75) is 12.8 Å². The van der Waals surface area contributed by atoms with E-state index in [2.05, 4.69) is 6.07 Å². The van der Waals surface area contributed by atoms with E-state index in [1.54, 1.807) is 46.7 Å². The van der Waals surface area contributed by atoms with E-state index in [9.17, 15) is 14.4 Å². The van der Waals surface area contributed by atoms with Gasteiger partial charge in [0.05, 0.1) is 30.5 Å². The lowest BCUT2D eigenvalue weighted by atomic mass is 10.0. The minimum absolute atomic E-state index is 0.0421. The molecule has 3 aromatic rings. The Bertz CT molecular complexity index is 1020. The van der Waals surface area contributed by atoms with E-state index < -0.39 is 12.1 Å². The smallest absolute Gasteiger partial charge is 0.277 e. The van der Waals surface area contributed by atoms with Crippen LogP contribution in [0.1, 0.15) is 10.4 Å². The molecule has 27 heavy (non-hydrogen) atoms. The molecule has 5 nitrogen and oxygen atoms in total. The van der Waals surface area contributed by atoms with Gasteiger partial charge >= 0.3 is 0 Å². The third-order valence-electron chi connectivity index (χ3n) is 4.42. The number of hydrogen-bond acceptors (Lipinski definition) is 5. The summed E-state index contributed by atoms with van der Waals surface area (Å²) in [5.41, 5.74) is 1.12. The third-order valence-corrected chi connectivity index (χ3v) is 5.27. The standard InChI is InChI=1S/C20H16FN3O2S/c21-19-11-23(13-26-12-17-5-2-8-27-17)24(20(19)25)16-6-7-18-14(9-16)3-1-4-15(18)10-22/h1-9,19H,11-13H2. The molecule has 1 unspecified atom stereocenters. The summed E-state index contributed by atoms with van der Waals surface area (Å²) in [7, 11) is 0. The summed E-state index contributed by atoms with van der Waals surface area (Å²) in [5.74, 6) is -0.606. The second kappa shape index (κ2) is 7.45. The van der Waals surface area contributed by atoms with E-state index >= 15 is 0 Å². The van der Waals surface area contributed by atoms with Crippen molar-refractivity contribution in [2.75, 3.05) is 18.3 Å². The van der Waals surface area contributed by atoms with Gasteiger partial charge in [0.1, 0.15) is 6.73 Å². The molecule has 7 heteroatoms. The number of thiophene rings is 1. The number of anilines is 1. The van der Waals surface area contributed by atoms with E-state index in [1.807, 2.05) is 23.6 Å². The maximum absolute atomic E-state index is 14.1. The van der Waals surface area contributed by atoms with Gasteiger partial charge in [0.25, 0.3) is 5.91 Å². The fourth-order valence-corrected chi connectivity index (χ4v) is 3.80. The van der Waals surface area contributed by atoms with Crippen LogP contribution in [0.3, 0.4) is 0 Å². The molecule has 2 aromatic carbocycles. The number of rotatable bonds is 5. The first-order chi connectivity index (χ1) is 13.2. The zero-order valence-electron chi connectivity index (χ0n) is 14.3. The Morgan fingerprint density at radius 1 is 1.26 bits per heavy atom. The molecule has 136 valence electrons. The van der Waals surface area contributed by atoms with Crippen LogP contribution in [0.25, 0.3) is 10.8 Å². The van der Waals surface area contributed by atoms with Crippen LogP contribution >= 0.6 is 11.3 Å². The highest BCUT2D eigenvalue weighted by atomic mass is 32.1. The second-order valence-electron chi connectivity index (χ2n) is 6.19. The van der Waals surface area contributed by atoms with Gasteiger partial charge in [-0.2, -0.15) is 10.3 Å². The highest BCUT2D eigenvalue weighted by Gasteiger charge is 2.39. The van der Waals surface area contributed by atoms with Gasteiger partial charge in [0.15, 0.2) is 6.17 Å². The summed E-state index contributed by atoms with van der Waals surface area (Å²) in [6, 6.07) is 16.8. The van der Waals surface area contributed by atoms with Crippen molar-refractivity contribution in [2.24, 2.45) is 0 Å². The fourth-order valence-electron chi connectivity index (χ4n) is 3.16. The van der Waals surface area contributed by atoms with E-state index in [0.717, 1.165) is 15.6 Å². The van der Waals surface area contributed by atoms with E-state index in [0.29, 0.717) is 17.9 Å². The first-order valence-electron chi connectivity index (χ1n) is 8.43. The molecule has 2 heterocycles. The Hall–Kier alpha value is -2.79. The van der Waals surface area contributed by atoms with Gasteiger partial charge in [-0.3, -0.25) is 4.79 Å². The van der Waals surface area contributed by atoms with Crippen molar-refractivity contribution in [3.05, 3.63) is 64.4 Å². The monoisotopic (exact) mass is 381 g/mol. The molecular formula is C20H16FN3O2S. The molecule has 1 amide bonds. The molecule has 0 aliphatic carbocycles. The SMILES string of the molecule is N#Cc1cccc2cc(N3C(=O)C(F)CN3COCc3cccs3)ccc12. The number of ether oxygens (including phenoxy) is 1. The lowest BCUT2D eigenvalue weighted by Crippen LogP contribution is -2.40. The number of nitriles is 1. The zero-order chi connectivity index (χ0) is 18.8. The Labute approximate surface area is 159 Å². The number of fused-ring (bicyclic) bond motifs is 1. The molecular weight excluding hydrogens is 365 g/mol. The van der Waals surface area contributed by atoms with Crippen molar-refractivity contribution in [1.29, 1.82) is 5.26 Å². The molecule has 1 aromatic heterocycles. The number of halogens is 1. The first-order valence-corrected chi connectivity index (χ1v) is 9.31. The predicted octanol–water partition coefficient (Wildman–Crippen LogP) is 3.85. The minimum Gasteiger partial charge on any atom is -0.359 e. The summed E-state index contributed by atoms with van der Waals surface area (Å²) < 4.78 is 19.8. The van der Waals surface area contributed by atoms with Gasteiger partial charge in [0, 0.05) is 4.88 Å². The Balaban J connectivity index is 1.58. The number of hydrogen-bond donors (Lipinski definition) is 0. The van der Waals surface area contributed by atoms with Crippen LogP contribution in [0, 0.1) is 11.3 Å². The molecule has 1 saturated heterocycles. The van der Waals surface area contributed by atoms with Gasteiger partial charge in [-0.05, 0) is 40.4 Å². The molecule has 4 rings (SSSR count). The fraction of sp³-hybridized carbons (Fsp3) is 0.200. The summed E-state index contributed by atoms with van der Waals surface area (Å²) in [4.78, 5) is 13.4. The number of benzene rings is 2. The molecule has 1 atom stereocenters. The molecule has 0 bridgehead atoms. The first kappa shape index (κ1) is 17.6. The van der Waals surface area contributed by atoms with Crippen molar-refractivity contribution in [1.82, 2.24) is 5.01 Å². The molecule has 0 N–H and O–H groups in total. The molecule has 0 saturated carbocycles. The summed E-state index contributed by atoms with van der Waals surface area (Å²) in [5, 5.41) is 15.7. The molecule has 1 fully saturated rings. The maximum atomic E-state index is 14.1. The van der Waals surface area contributed by atoms with Crippen LogP contribution in [0.15, 0.2) is 53.9 Å². The lowest BCUT2D eigenvalue weighted by Gasteiger charge is -2.27. The van der Waals surface area contributed by atoms with Crippen molar-refractivity contribution in [3.8, 4) is 6.07 Å². The summed E-state index contributed by atoms with van der Waals surface area (Å²) in [6.45, 7) is 0.482. The highest BCUT2D eigenvalue weighted by Crippen LogP contribution is 2.29. The highest BCUT2D eigenvalue weighted by molar-refractivity contribution is 7.09. The minimum atomic E-state index is -1.59. The average Bonchev–Trinajstić information content (AvgIpc) is 3.29. The number of carbonyl (C=O) groups excluding carboxylic acids is 1. The van der Waals surface area contributed by atoms with E-state index in [-0.39, 0.29) is 13.3 Å². The van der Waals surface area contributed by atoms with Gasteiger partial charge in [-0.1, -0.05) is 24.3 Å². The van der Waals surface area contributed by atoms with Crippen LogP contribution in [-0.4, -0.2) is 30.4 Å². The summed E-state index contributed by atoms with van der Waals surface area (Å²) in [6.07, 6.45) is -1.59. The van der Waals surface area contributed by atoms with Gasteiger partial charge in [-0.25, -0.2) is 9.40 Å². The largest absolute Gasteiger partial charge is 0.359 e. The quantitative estimate of drug-likeness (QED) is 0.674. The van der Waals surface area contributed by atoms with Crippen LogP contribution in [-0.2, 0) is 16.1 Å². The third kappa shape index (κ3) is 3.43. The van der Waals surface area contributed by atoms with E-state index in [4.69, 9.17) is 4.74 Å². The van der Waals surface area contributed by atoms with Crippen LogP contribution < -0.4 is 5.01 Å². The van der Waals surface area contributed by atoms with Crippen molar-refractivity contribution >= 4 is 33.7 Å². The van der Waals surface area contributed by atoms with Crippen LogP contribution in [0.5, 0.6) is 0 Å². The topological polar surface area (TPSA) is 56.6 Å². The number of amides is 1. The van der Waals surface area contributed by atoms with E-state index in [1.165, 1.54) is 5.01 Å². The van der Waals surface area contributed by atoms with Gasteiger partial charge in [0.2, 0.25) is 0 Å². The van der Waals surface area contributed by atoms with Gasteiger partial charge in [-0.15, -0.1) is 11.3 Å². The second-order valence-corrected chi connectivity index (χ2v) is 7.22. The Morgan fingerprint density at radius 2 is 2.15 bits per heavy atom. The number of hydrazine groups is 1.